The molecule has 0 spiro atoms. The maximum atomic E-state index is 4.64. The molecule has 0 nitrogen and oxygen atoms in total. The maximum absolute atomic E-state index is 4.64. The minimum Gasteiger partial charge on any atom is -1.00 e. The predicted molar refractivity (Wildman–Crippen MR) is 42.8 cm³/mol. The zero-order valence-corrected chi connectivity index (χ0v) is 9.61. The summed E-state index contributed by atoms with van der Waals surface area (Å²) in [4.78, 5) is 0. The van der Waals surface area contributed by atoms with Gasteiger partial charge in [-0.05, 0) is 0 Å². The van der Waals surface area contributed by atoms with E-state index in [1.54, 1.807) is 0 Å². The summed E-state index contributed by atoms with van der Waals surface area (Å²) in [5, 5.41) is 0. The van der Waals surface area contributed by atoms with Gasteiger partial charge in [0.1, 0.15) is 0 Å². The summed E-state index contributed by atoms with van der Waals surface area (Å²) < 4.78 is 0. The molecule has 1 rings (SSSR count). The fourth-order valence-electron chi connectivity index (χ4n) is 0.342. The Morgan fingerprint density at radius 3 is 1.50 bits per heavy atom. The third kappa shape index (κ3) is 11.5. The van der Waals surface area contributed by atoms with Crippen molar-refractivity contribution in [2.45, 2.75) is 0 Å². The molecular formula is C7H8BrClMg. The summed E-state index contributed by atoms with van der Waals surface area (Å²) >= 11 is 4.64. The molecule has 1 aromatic carbocycles. The van der Waals surface area contributed by atoms with Crippen molar-refractivity contribution in [3.8, 4) is 0 Å². The van der Waals surface area contributed by atoms with Gasteiger partial charge in [-0.2, -0.15) is 36.4 Å². The molecule has 0 atom stereocenters. The minimum absolute atomic E-state index is 0. The van der Waals surface area contributed by atoms with E-state index in [4.69, 9.17) is 0 Å². The van der Waals surface area contributed by atoms with E-state index < -0.39 is 0 Å². The van der Waals surface area contributed by atoms with Gasteiger partial charge in [-0.15, -0.1) is 11.6 Å². The number of halogens is 2. The Kier molecular flexibility index (Phi) is 27.9. The molecule has 0 fully saturated rings. The van der Waals surface area contributed by atoms with E-state index in [2.05, 4.69) is 17.7 Å². The summed E-state index contributed by atoms with van der Waals surface area (Å²) in [6.07, 6.45) is 1.47. The van der Waals surface area contributed by atoms with Gasteiger partial charge in [0.05, 0.1) is 0 Å². The first-order valence-corrected chi connectivity index (χ1v) is 3.04. The predicted octanol–water partition coefficient (Wildman–Crippen LogP) is -1.04. The Balaban J connectivity index is -0.000000114. The molecule has 0 radical (unpaired) electrons. The van der Waals surface area contributed by atoms with Crippen molar-refractivity contribution in [1.82, 2.24) is 0 Å². The quantitative estimate of drug-likeness (QED) is 0.304. The molecule has 0 aromatic heterocycles. The van der Waals surface area contributed by atoms with Gasteiger partial charge in [0.15, 0.2) is 0 Å². The zero-order valence-electron chi connectivity index (χ0n) is 5.85. The second kappa shape index (κ2) is 16.4. The normalized spacial score (nSPS) is 5.40. The van der Waals surface area contributed by atoms with Crippen LogP contribution in [0.1, 0.15) is 0 Å². The van der Waals surface area contributed by atoms with Crippen molar-refractivity contribution in [3.63, 3.8) is 0 Å². The van der Waals surface area contributed by atoms with Crippen LogP contribution in [0.15, 0.2) is 30.3 Å². The molecule has 0 amide bonds. The fraction of sp³-hybridized carbons (Fsp3) is 0.143. The molecule has 0 aliphatic heterocycles. The molecule has 3 heteroatoms. The molecule has 52 valence electrons. The van der Waals surface area contributed by atoms with Gasteiger partial charge in [0.2, 0.25) is 0 Å². The topological polar surface area (TPSA) is 0 Å². The van der Waals surface area contributed by atoms with Crippen molar-refractivity contribution < 1.29 is 17.0 Å². The molecule has 0 heterocycles. The molecule has 0 N–H and O–H groups in total. The third-order valence-electron chi connectivity index (χ3n) is 0.607. The Hall–Kier alpha value is 0.756. The monoisotopic (exact) mass is 230 g/mol. The molecular weight excluding hydrogens is 224 g/mol. The Labute approximate surface area is 93.9 Å². The molecule has 1 aromatic rings. The maximum Gasteiger partial charge on any atom is 2.00 e. The van der Waals surface area contributed by atoms with Crippen molar-refractivity contribution in [1.29, 1.82) is 0 Å². The molecule has 0 unspecified atom stereocenters. The van der Waals surface area contributed by atoms with Crippen molar-refractivity contribution in [3.05, 3.63) is 36.4 Å². The molecule has 0 saturated carbocycles. The van der Waals surface area contributed by atoms with Crippen molar-refractivity contribution >= 4 is 34.7 Å². The average Bonchev–Trinajstić information content (AvgIpc) is 1.96. The Morgan fingerprint density at radius 1 is 1.00 bits per heavy atom. The van der Waals surface area contributed by atoms with E-state index in [9.17, 15) is 0 Å². The summed E-state index contributed by atoms with van der Waals surface area (Å²) in [6.45, 7) is 0. The van der Waals surface area contributed by atoms with E-state index in [-0.39, 0.29) is 40.0 Å². The standard InChI is InChI=1S/C6H5.CH3Cl.BrH.Mg/c1-2-4-6-5-3-1;1-2;;/h1-5H;1H3;1H;/q-1;;;+2/p-1. The second-order valence-corrected chi connectivity index (χ2v) is 1.08. The van der Waals surface area contributed by atoms with Crippen molar-refractivity contribution in [2.24, 2.45) is 0 Å². The van der Waals surface area contributed by atoms with Gasteiger partial charge in [-0.25, -0.2) is 0 Å². The van der Waals surface area contributed by atoms with Crippen LogP contribution in [0.2, 0.25) is 0 Å². The second-order valence-electron chi connectivity index (χ2n) is 1.08. The Bertz CT molecular complexity index is 85.5. The molecule has 0 bridgehead atoms. The van der Waals surface area contributed by atoms with E-state index in [0.717, 1.165) is 0 Å². The van der Waals surface area contributed by atoms with Gasteiger partial charge in [0.25, 0.3) is 0 Å². The fourth-order valence-corrected chi connectivity index (χ4v) is 0.342. The summed E-state index contributed by atoms with van der Waals surface area (Å²) in [6, 6.07) is 12.5. The van der Waals surface area contributed by atoms with Crippen molar-refractivity contribution in [2.75, 3.05) is 6.38 Å². The van der Waals surface area contributed by atoms with Crippen LogP contribution >= 0.6 is 11.6 Å². The van der Waals surface area contributed by atoms with E-state index in [0.29, 0.717) is 0 Å². The summed E-state index contributed by atoms with van der Waals surface area (Å²) in [5.74, 6) is 0. The number of benzene rings is 1. The number of alkyl halides is 1. The van der Waals surface area contributed by atoms with Gasteiger partial charge < -0.3 is 17.0 Å². The average molecular weight is 232 g/mol. The molecule has 10 heavy (non-hydrogen) atoms. The molecule has 0 aliphatic carbocycles. The van der Waals surface area contributed by atoms with Gasteiger partial charge in [-0.1, -0.05) is 0 Å². The van der Waals surface area contributed by atoms with Crippen LogP contribution in [0, 0.1) is 6.07 Å². The van der Waals surface area contributed by atoms with Crippen LogP contribution in [0.5, 0.6) is 0 Å². The largest absolute Gasteiger partial charge is 2.00 e. The van der Waals surface area contributed by atoms with Gasteiger partial charge >= 0.3 is 23.1 Å². The van der Waals surface area contributed by atoms with Crippen LogP contribution in [0.25, 0.3) is 0 Å². The summed E-state index contributed by atoms with van der Waals surface area (Å²) in [5.41, 5.74) is 0. The number of rotatable bonds is 0. The number of hydrogen-bond acceptors (Lipinski definition) is 0. The van der Waals surface area contributed by atoms with Crippen LogP contribution in [0.3, 0.4) is 0 Å². The number of hydrogen-bond donors (Lipinski definition) is 0. The van der Waals surface area contributed by atoms with Crippen LogP contribution < -0.4 is 17.0 Å². The first-order valence-electron chi connectivity index (χ1n) is 2.29. The van der Waals surface area contributed by atoms with Crippen LogP contribution in [-0.4, -0.2) is 29.4 Å². The van der Waals surface area contributed by atoms with Gasteiger partial charge in [0, 0.05) is 6.38 Å². The van der Waals surface area contributed by atoms with E-state index in [1.165, 1.54) is 6.38 Å². The van der Waals surface area contributed by atoms with E-state index in [1.807, 2.05) is 30.3 Å². The SMILES string of the molecule is CCl.[Br-].[Mg+2].[c-]1ccccc1. The van der Waals surface area contributed by atoms with Gasteiger partial charge in [-0.3, -0.25) is 0 Å². The van der Waals surface area contributed by atoms with Crippen LogP contribution in [-0.2, 0) is 0 Å². The Morgan fingerprint density at radius 2 is 1.40 bits per heavy atom. The van der Waals surface area contributed by atoms with E-state index >= 15 is 0 Å². The first-order chi connectivity index (χ1) is 4.00. The molecule has 0 aliphatic rings. The molecule has 0 saturated heterocycles. The minimum atomic E-state index is 0. The third-order valence-corrected chi connectivity index (χ3v) is 0.607. The smallest absolute Gasteiger partial charge is 1.00 e. The zero-order chi connectivity index (χ0) is 6.24. The first kappa shape index (κ1) is 17.0. The van der Waals surface area contributed by atoms with Crippen LogP contribution in [0.4, 0.5) is 0 Å². The summed E-state index contributed by atoms with van der Waals surface area (Å²) in [7, 11) is 0.